The Bertz CT molecular complexity index is 942. The third kappa shape index (κ3) is 3.83. The van der Waals surface area contributed by atoms with E-state index in [2.05, 4.69) is 10.4 Å². The van der Waals surface area contributed by atoms with Crippen LogP contribution in [0.5, 0.6) is 0 Å². The summed E-state index contributed by atoms with van der Waals surface area (Å²) in [4.78, 5) is 39.5. The number of carbonyl (C=O) groups is 2. The molecule has 0 spiro atoms. The van der Waals surface area contributed by atoms with Crippen molar-refractivity contribution in [3.63, 3.8) is 0 Å². The molecule has 2 fully saturated rings. The zero-order valence-corrected chi connectivity index (χ0v) is 15.9. The van der Waals surface area contributed by atoms with E-state index in [1.165, 1.54) is 10.7 Å². The molecule has 0 radical (unpaired) electrons. The minimum Gasteiger partial charge on any atom is -0.336 e. The van der Waals surface area contributed by atoms with Crippen molar-refractivity contribution in [2.24, 2.45) is 0 Å². The lowest BCUT2D eigenvalue weighted by Gasteiger charge is -2.40. The Morgan fingerprint density at radius 1 is 1.24 bits per heavy atom. The maximum atomic E-state index is 13.0. The van der Waals surface area contributed by atoms with Crippen molar-refractivity contribution >= 4 is 17.5 Å². The molecule has 1 atom stereocenters. The van der Waals surface area contributed by atoms with E-state index in [0.29, 0.717) is 31.9 Å². The molecule has 2 amide bonds. The van der Waals surface area contributed by atoms with Crippen LogP contribution in [0.15, 0.2) is 36.5 Å². The van der Waals surface area contributed by atoms with Gasteiger partial charge >= 0.3 is 0 Å². The lowest BCUT2D eigenvalue weighted by molar-refractivity contribution is -0.384. The van der Waals surface area contributed by atoms with Crippen LogP contribution in [0.2, 0.25) is 0 Å². The summed E-state index contributed by atoms with van der Waals surface area (Å²) in [7, 11) is 0. The van der Waals surface area contributed by atoms with Crippen LogP contribution in [-0.2, 0) is 4.79 Å². The van der Waals surface area contributed by atoms with Crippen molar-refractivity contribution in [1.82, 2.24) is 24.9 Å². The van der Waals surface area contributed by atoms with E-state index in [9.17, 15) is 19.7 Å². The Morgan fingerprint density at radius 3 is 2.86 bits per heavy atom. The summed E-state index contributed by atoms with van der Waals surface area (Å²) in [5.41, 5.74) is 0.458. The zero-order chi connectivity index (χ0) is 20.4. The fraction of sp³-hybridized carbons (Fsp3) is 0.421. The number of piperazine rings is 1. The number of rotatable bonds is 4. The van der Waals surface area contributed by atoms with E-state index in [0.717, 1.165) is 19.4 Å². The van der Waals surface area contributed by atoms with Crippen molar-refractivity contribution < 1.29 is 14.5 Å². The predicted molar refractivity (Wildman–Crippen MR) is 104 cm³/mol. The van der Waals surface area contributed by atoms with Crippen LogP contribution in [0.4, 0.5) is 5.69 Å². The van der Waals surface area contributed by atoms with Crippen molar-refractivity contribution in [1.29, 1.82) is 0 Å². The van der Waals surface area contributed by atoms with Gasteiger partial charge in [0.2, 0.25) is 5.91 Å². The largest absolute Gasteiger partial charge is 0.336 e. The van der Waals surface area contributed by atoms with Crippen molar-refractivity contribution in [2.45, 2.75) is 18.9 Å². The minimum atomic E-state index is -0.474. The number of nitro benzene ring substituents is 1. The molecule has 2 aromatic rings. The molecule has 1 unspecified atom stereocenters. The summed E-state index contributed by atoms with van der Waals surface area (Å²) in [6.07, 6.45) is 3.25. The lowest BCUT2D eigenvalue weighted by Crippen LogP contribution is -2.57. The van der Waals surface area contributed by atoms with Crippen LogP contribution in [0.1, 0.15) is 23.3 Å². The molecule has 1 aromatic carbocycles. The molecule has 1 aromatic heterocycles. The van der Waals surface area contributed by atoms with Gasteiger partial charge in [0.25, 0.3) is 11.6 Å². The van der Waals surface area contributed by atoms with E-state index in [4.69, 9.17) is 0 Å². The quantitative estimate of drug-likeness (QED) is 0.602. The molecule has 3 heterocycles. The fourth-order valence-electron chi connectivity index (χ4n) is 3.95. The zero-order valence-electron chi connectivity index (χ0n) is 15.9. The molecule has 0 saturated carbocycles. The molecule has 29 heavy (non-hydrogen) atoms. The van der Waals surface area contributed by atoms with Gasteiger partial charge in [-0.05, 0) is 25.0 Å². The Labute approximate surface area is 167 Å². The summed E-state index contributed by atoms with van der Waals surface area (Å²) in [6, 6.07) is 7.84. The Hall–Kier alpha value is -3.27. The molecule has 10 nitrogen and oxygen atoms in total. The number of amides is 2. The number of nitro groups is 1. The first kappa shape index (κ1) is 19.1. The second-order valence-electron chi connectivity index (χ2n) is 7.20. The van der Waals surface area contributed by atoms with Gasteiger partial charge in [-0.15, -0.1) is 0 Å². The number of hydrogen-bond donors (Lipinski definition) is 1. The normalized spacial score (nSPS) is 20.0. The first-order chi connectivity index (χ1) is 14.0. The van der Waals surface area contributed by atoms with Gasteiger partial charge in [0.1, 0.15) is 5.69 Å². The van der Waals surface area contributed by atoms with Crippen molar-refractivity contribution in [2.75, 3.05) is 32.7 Å². The molecular weight excluding hydrogens is 376 g/mol. The highest BCUT2D eigenvalue weighted by molar-refractivity contribution is 5.92. The van der Waals surface area contributed by atoms with Gasteiger partial charge in [-0.3, -0.25) is 19.7 Å². The SMILES string of the molecule is O=C(c1ccn(-c2ccccc2[N+](=O)[O-])n1)N1CCCC(N2CCNCC2=O)C1. The number of aromatic nitrogens is 2. The van der Waals surface area contributed by atoms with Crippen molar-refractivity contribution in [3.05, 3.63) is 52.3 Å². The summed E-state index contributed by atoms with van der Waals surface area (Å²) >= 11 is 0. The first-order valence-electron chi connectivity index (χ1n) is 9.63. The van der Waals surface area contributed by atoms with Gasteiger partial charge in [0.15, 0.2) is 5.69 Å². The second kappa shape index (κ2) is 8.00. The maximum Gasteiger partial charge on any atom is 0.294 e. The molecular formula is C19H22N6O4. The number of para-hydroxylation sites is 2. The summed E-state index contributed by atoms with van der Waals surface area (Å²) in [6.45, 7) is 2.83. The van der Waals surface area contributed by atoms with Gasteiger partial charge < -0.3 is 15.1 Å². The van der Waals surface area contributed by atoms with Crippen molar-refractivity contribution in [3.8, 4) is 5.69 Å². The fourth-order valence-corrected chi connectivity index (χ4v) is 3.95. The Balaban J connectivity index is 1.50. The molecule has 1 N–H and O–H groups in total. The number of carbonyl (C=O) groups excluding carboxylic acids is 2. The summed E-state index contributed by atoms with van der Waals surface area (Å²) in [5, 5.41) is 18.6. The standard InChI is InChI=1S/C19H22N6O4/c26-18-12-20-8-11-23(18)14-4-3-9-22(13-14)19(27)15-7-10-24(21-15)16-5-1-2-6-17(16)25(28)29/h1-2,5-7,10,14,20H,3-4,8-9,11-13H2. The highest BCUT2D eigenvalue weighted by Gasteiger charge is 2.32. The summed E-state index contributed by atoms with van der Waals surface area (Å²) in [5.74, 6) is -0.161. The van der Waals surface area contributed by atoms with Gasteiger partial charge in [-0.2, -0.15) is 5.10 Å². The molecule has 2 aliphatic heterocycles. The minimum absolute atomic E-state index is 0.0135. The van der Waals surface area contributed by atoms with Gasteiger partial charge in [0, 0.05) is 44.5 Å². The smallest absolute Gasteiger partial charge is 0.294 e. The molecule has 10 heteroatoms. The topological polar surface area (TPSA) is 114 Å². The van der Waals surface area contributed by atoms with Crippen LogP contribution >= 0.6 is 0 Å². The number of hydrogen-bond acceptors (Lipinski definition) is 6. The number of likely N-dealkylation sites (tertiary alicyclic amines) is 1. The molecule has 4 rings (SSSR count). The van der Waals surface area contributed by atoms with Gasteiger partial charge in [-0.25, -0.2) is 4.68 Å². The maximum absolute atomic E-state index is 13.0. The number of nitrogens with zero attached hydrogens (tertiary/aromatic N) is 5. The van der Waals surface area contributed by atoms with Gasteiger partial charge in [0.05, 0.1) is 11.5 Å². The van der Waals surface area contributed by atoms with Crippen LogP contribution in [0, 0.1) is 10.1 Å². The molecule has 2 saturated heterocycles. The number of benzene rings is 1. The van der Waals surface area contributed by atoms with Crippen LogP contribution in [-0.4, -0.2) is 75.1 Å². The summed E-state index contributed by atoms with van der Waals surface area (Å²) < 4.78 is 1.35. The molecule has 152 valence electrons. The van der Waals surface area contributed by atoms with E-state index in [-0.39, 0.29) is 29.2 Å². The Morgan fingerprint density at radius 2 is 2.07 bits per heavy atom. The van der Waals surface area contributed by atoms with E-state index in [1.54, 1.807) is 35.4 Å². The van der Waals surface area contributed by atoms with Crippen LogP contribution < -0.4 is 5.32 Å². The monoisotopic (exact) mass is 398 g/mol. The lowest BCUT2D eigenvalue weighted by atomic mass is 10.0. The molecule has 0 aliphatic carbocycles. The highest BCUT2D eigenvalue weighted by Crippen LogP contribution is 2.23. The average Bonchev–Trinajstić information content (AvgIpc) is 3.24. The van der Waals surface area contributed by atoms with E-state index in [1.807, 2.05) is 4.90 Å². The number of piperidine rings is 1. The second-order valence-corrected chi connectivity index (χ2v) is 7.20. The van der Waals surface area contributed by atoms with Crippen LogP contribution in [0.25, 0.3) is 5.69 Å². The predicted octanol–water partition coefficient (Wildman–Crippen LogP) is 0.817. The third-order valence-electron chi connectivity index (χ3n) is 5.38. The van der Waals surface area contributed by atoms with E-state index >= 15 is 0 Å². The highest BCUT2D eigenvalue weighted by atomic mass is 16.6. The molecule has 0 bridgehead atoms. The molecule has 2 aliphatic rings. The Kier molecular flexibility index (Phi) is 5.26. The van der Waals surface area contributed by atoms with E-state index < -0.39 is 4.92 Å². The average molecular weight is 398 g/mol. The van der Waals surface area contributed by atoms with Crippen LogP contribution in [0.3, 0.4) is 0 Å². The first-order valence-corrected chi connectivity index (χ1v) is 9.63. The third-order valence-corrected chi connectivity index (χ3v) is 5.38. The number of nitrogens with one attached hydrogen (secondary N) is 1. The van der Waals surface area contributed by atoms with Gasteiger partial charge in [-0.1, -0.05) is 12.1 Å².